The molecule has 0 bridgehead atoms. The molecule has 8 nitrogen and oxygen atoms in total. The van der Waals surface area contributed by atoms with E-state index in [9.17, 15) is 5.11 Å². The van der Waals surface area contributed by atoms with E-state index in [1.807, 2.05) is 0 Å². The Balaban J connectivity index is 1.54. The van der Waals surface area contributed by atoms with Crippen LogP contribution in [0.25, 0.3) is 0 Å². The van der Waals surface area contributed by atoms with E-state index in [0.717, 1.165) is 25.9 Å². The topological polar surface area (TPSA) is 98.2 Å². The van der Waals surface area contributed by atoms with Crippen molar-refractivity contribution >= 4 is 35.1 Å². The van der Waals surface area contributed by atoms with Crippen molar-refractivity contribution in [1.82, 2.24) is 20.0 Å². The van der Waals surface area contributed by atoms with E-state index < -0.39 is 0 Å². The largest absolute Gasteiger partial charge is 0.506 e. The molecule has 9 heteroatoms. The van der Waals surface area contributed by atoms with Crippen LogP contribution in [0.1, 0.15) is 57.8 Å². The molecule has 2 fully saturated rings. The Bertz CT molecular complexity index is 836. The molecular formula is C21H30ClN7O. The summed E-state index contributed by atoms with van der Waals surface area (Å²) < 4.78 is 0. The minimum absolute atomic E-state index is 0.0426. The molecule has 30 heavy (non-hydrogen) atoms. The third kappa shape index (κ3) is 5.86. The number of piperidine rings is 1. The minimum Gasteiger partial charge on any atom is -0.506 e. The van der Waals surface area contributed by atoms with Gasteiger partial charge in [0.25, 0.3) is 0 Å². The highest BCUT2D eigenvalue weighted by molar-refractivity contribution is 6.32. The highest BCUT2D eigenvalue weighted by Gasteiger charge is 2.17. The van der Waals surface area contributed by atoms with Gasteiger partial charge in [0.15, 0.2) is 0 Å². The molecule has 1 aromatic carbocycles. The number of hydrazine groups is 1. The Kier molecular flexibility index (Phi) is 7.07. The third-order valence-corrected chi connectivity index (χ3v) is 5.94. The molecule has 1 aliphatic heterocycles. The van der Waals surface area contributed by atoms with Crippen LogP contribution in [0, 0.1) is 0 Å². The van der Waals surface area contributed by atoms with E-state index in [1.54, 1.807) is 18.2 Å². The quantitative estimate of drug-likeness (QED) is 0.378. The molecule has 2 aromatic rings. The van der Waals surface area contributed by atoms with Crippen molar-refractivity contribution in [2.75, 3.05) is 29.1 Å². The highest BCUT2D eigenvalue weighted by atomic mass is 35.5. The summed E-state index contributed by atoms with van der Waals surface area (Å²) in [4.78, 5) is 13.8. The van der Waals surface area contributed by atoms with Gasteiger partial charge >= 0.3 is 0 Å². The van der Waals surface area contributed by atoms with Crippen LogP contribution >= 0.6 is 11.6 Å². The number of nitrogens with one attached hydrogen (secondary N) is 3. The van der Waals surface area contributed by atoms with Crippen LogP contribution in [0.15, 0.2) is 18.2 Å². The van der Waals surface area contributed by atoms with Gasteiger partial charge in [0.05, 0.1) is 5.02 Å². The fraction of sp³-hybridized carbons (Fsp3) is 0.571. The van der Waals surface area contributed by atoms with Crippen molar-refractivity contribution in [3.63, 3.8) is 0 Å². The predicted molar refractivity (Wildman–Crippen MR) is 120 cm³/mol. The van der Waals surface area contributed by atoms with E-state index in [-0.39, 0.29) is 10.8 Å². The Morgan fingerprint density at radius 3 is 2.27 bits per heavy atom. The zero-order valence-electron chi connectivity index (χ0n) is 17.2. The number of nitrogens with zero attached hydrogens (tertiary/aromatic N) is 4. The first-order valence-corrected chi connectivity index (χ1v) is 11.3. The first-order chi connectivity index (χ1) is 14.7. The van der Waals surface area contributed by atoms with Crippen molar-refractivity contribution in [1.29, 1.82) is 0 Å². The van der Waals surface area contributed by atoms with Crippen LogP contribution in [0.2, 0.25) is 5.02 Å². The monoisotopic (exact) mass is 431 g/mol. The summed E-state index contributed by atoms with van der Waals surface area (Å²) in [6.45, 7) is 1.96. The van der Waals surface area contributed by atoms with E-state index in [0.29, 0.717) is 29.6 Å². The van der Waals surface area contributed by atoms with Gasteiger partial charge in [-0.2, -0.15) is 15.0 Å². The third-order valence-electron chi connectivity index (χ3n) is 5.64. The lowest BCUT2D eigenvalue weighted by Crippen LogP contribution is -2.35. The lowest BCUT2D eigenvalue weighted by molar-refractivity contribution is 0.271. The fourth-order valence-electron chi connectivity index (χ4n) is 4.01. The van der Waals surface area contributed by atoms with Crippen LogP contribution in [0.4, 0.5) is 23.5 Å². The Hall–Kier alpha value is -2.32. The molecule has 1 saturated heterocycles. The molecule has 0 spiro atoms. The van der Waals surface area contributed by atoms with Gasteiger partial charge in [0.1, 0.15) is 5.75 Å². The van der Waals surface area contributed by atoms with E-state index in [4.69, 9.17) is 11.6 Å². The smallest absolute Gasteiger partial charge is 0.244 e. The van der Waals surface area contributed by atoms with E-state index in [1.165, 1.54) is 44.9 Å². The molecule has 1 aromatic heterocycles. The molecule has 162 valence electrons. The van der Waals surface area contributed by atoms with Crippen molar-refractivity contribution < 1.29 is 5.11 Å². The SMILES string of the molecule is Oc1ccc(Nc2nc(NC3CCCCCC3)nc(NN3CCCCC3)n2)cc1Cl. The maximum atomic E-state index is 9.66. The molecule has 0 atom stereocenters. The molecular weight excluding hydrogens is 402 g/mol. The Morgan fingerprint density at radius 1 is 0.867 bits per heavy atom. The summed E-state index contributed by atoms with van der Waals surface area (Å²) in [5.41, 5.74) is 4.04. The zero-order chi connectivity index (χ0) is 20.8. The molecule has 0 amide bonds. The summed E-state index contributed by atoms with van der Waals surface area (Å²) in [6, 6.07) is 5.32. The van der Waals surface area contributed by atoms with Gasteiger partial charge in [-0.3, -0.25) is 5.43 Å². The number of halogens is 1. The Labute approximate surface area is 182 Å². The number of benzene rings is 1. The van der Waals surface area contributed by atoms with E-state index >= 15 is 0 Å². The highest BCUT2D eigenvalue weighted by Crippen LogP contribution is 2.28. The summed E-state index contributed by atoms with van der Waals surface area (Å²) in [5, 5.41) is 18.8. The van der Waals surface area contributed by atoms with Crippen LogP contribution < -0.4 is 16.1 Å². The lowest BCUT2D eigenvalue weighted by Gasteiger charge is -2.27. The standard InChI is InChI=1S/C21H30ClN7O/c22-17-14-16(10-11-18(17)30)24-20-25-19(23-15-8-4-1-2-5-9-15)26-21(27-20)28-29-12-6-3-7-13-29/h10-11,14-15,30H,1-9,12-13H2,(H3,23,24,25,26,27,28). The number of aromatic hydroxyl groups is 1. The summed E-state index contributed by atoms with van der Waals surface area (Å²) in [7, 11) is 0. The molecule has 2 aliphatic rings. The van der Waals surface area contributed by atoms with Crippen LogP contribution in [-0.2, 0) is 0 Å². The molecule has 1 aliphatic carbocycles. The predicted octanol–water partition coefficient (Wildman–Crippen LogP) is 4.92. The van der Waals surface area contributed by atoms with Gasteiger partial charge < -0.3 is 15.7 Å². The molecule has 1 saturated carbocycles. The average Bonchev–Trinajstić information content (AvgIpc) is 3.00. The van der Waals surface area contributed by atoms with Gasteiger partial charge in [-0.25, -0.2) is 5.01 Å². The molecule has 0 radical (unpaired) electrons. The number of phenolic OH excluding ortho intramolecular Hbond substituents is 1. The second-order valence-corrected chi connectivity index (χ2v) is 8.50. The van der Waals surface area contributed by atoms with Gasteiger partial charge in [-0.05, 0) is 43.9 Å². The summed E-state index contributed by atoms with van der Waals surface area (Å²) in [5.74, 6) is 1.57. The molecule has 2 heterocycles. The van der Waals surface area contributed by atoms with Crippen LogP contribution in [0.3, 0.4) is 0 Å². The summed E-state index contributed by atoms with van der Waals surface area (Å²) in [6.07, 6.45) is 10.9. The van der Waals surface area contributed by atoms with Crippen LogP contribution in [0.5, 0.6) is 5.75 Å². The van der Waals surface area contributed by atoms with Crippen molar-refractivity contribution in [2.24, 2.45) is 0 Å². The number of anilines is 4. The second kappa shape index (κ2) is 10.1. The number of aromatic nitrogens is 3. The normalized spacial score (nSPS) is 18.6. The molecule has 0 unspecified atom stereocenters. The summed E-state index contributed by atoms with van der Waals surface area (Å²) >= 11 is 6.04. The second-order valence-electron chi connectivity index (χ2n) is 8.09. The number of phenols is 1. The average molecular weight is 432 g/mol. The maximum absolute atomic E-state index is 9.66. The first kappa shape index (κ1) is 20.9. The molecule has 4 N–H and O–H groups in total. The van der Waals surface area contributed by atoms with Gasteiger partial charge in [-0.1, -0.05) is 43.7 Å². The lowest BCUT2D eigenvalue weighted by atomic mass is 10.1. The van der Waals surface area contributed by atoms with Gasteiger partial charge in [-0.15, -0.1) is 0 Å². The minimum atomic E-state index is 0.0426. The fourth-order valence-corrected chi connectivity index (χ4v) is 4.19. The Morgan fingerprint density at radius 2 is 1.53 bits per heavy atom. The number of hydrogen-bond acceptors (Lipinski definition) is 8. The maximum Gasteiger partial charge on any atom is 0.244 e. The van der Waals surface area contributed by atoms with Gasteiger partial charge in [0.2, 0.25) is 17.8 Å². The van der Waals surface area contributed by atoms with Crippen molar-refractivity contribution in [3.05, 3.63) is 23.2 Å². The molecule has 4 rings (SSSR count). The van der Waals surface area contributed by atoms with E-state index in [2.05, 4.69) is 36.0 Å². The van der Waals surface area contributed by atoms with Crippen molar-refractivity contribution in [3.8, 4) is 5.75 Å². The first-order valence-electron chi connectivity index (χ1n) is 11.0. The number of hydrogen-bond donors (Lipinski definition) is 4. The van der Waals surface area contributed by atoms with Crippen LogP contribution in [-0.4, -0.2) is 44.2 Å². The van der Waals surface area contributed by atoms with Gasteiger partial charge in [0, 0.05) is 24.8 Å². The number of rotatable bonds is 6. The zero-order valence-corrected chi connectivity index (χ0v) is 18.0. The van der Waals surface area contributed by atoms with Crippen molar-refractivity contribution in [2.45, 2.75) is 63.8 Å².